The molecule has 0 aliphatic carbocycles. The minimum atomic E-state index is -1.08. The molecule has 0 fully saturated rings. The number of nitrogens with one attached hydrogen (secondary N) is 1. The highest BCUT2D eigenvalue weighted by Gasteiger charge is 2.26. The molecule has 1 aromatic carbocycles. The first-order chi connectivity index (χ1) is 10.3. The van der Waals surface area contributed by atoms with Gasteiger partial charge in [0.15, 0.2) is 0 Å². The first kappa shape index (κ1) is 16.6. The maximum absolute atomic E-state index is 12.1. The summed E-state index contributed by atoms with van der Waals surface area (Å²) in [6.07, 6.45) is -0.349. The van der Waals surface area contributed by atoms with Crippen LogP contribution in [0, 0.1) is 0 Å². The fourth-order valence-electron chi connectivity index (χ4n) is 2.30. The fraction of sp³-hybridized carbons (Fsp3) is 0.286. The average Bonchev–Trinajstić information content (AvgIpc) is 2.77. The van der Waals surface area contributed by atoms with E-state index in [1.54, 1.807) is 13.0 Å². The number of esters is 1. The van der Waals surface area contributed by atoms with E-state index in [2.05, 4.69) is 4.98 Å². The molecule has 8 heteroatoms. The van der Waals surface area contributed by atoms with E-state index in [9.17, 15) is 9.59 Å². The van der Waals surface area contributed by atoms with Gasteiger partial charge in [0.1, 0.15) is 5.69 Å². The van der Waals surface area contributed by atoms with E-state index in [0.29, 0.717) is 21.5 Å². The Labute approximate surface area is 136 Å². The summed E-state index contributed by atoms with van der Waals surface area (Å²) in [6.45, 7) is 1.84. The number of carbonyl (C=O) groups excluding carboxylic acids is 1. The molecule has 4 N–H and O–H groups in total. The number of carbonyl (C=O) groups is 2. The molecule has 0 spiro atoms. The highest BCUT2D eigenvalue weighted by Crippen LogP contribution is 2.36. The third kappa shape index (κ3) is 3.19. The summed E-state index contributed by atoms with van der Waals surface area (Å²) in [7, 11) is 0. The summed E-state index contributed by atoms with van der Waals surface area (Å²) in [5.41, 5.74) is 6.85. The minimum absolute atomic E-state index is 0.0924. The van der Waals surface area contributed by atoms with Gasteiger partial charge in [-0.1, -0.05) is 23.2 Å². The van der Waals surface area contributed by atoms with Crippen molar-refractivity contribution in [3.8, 4) is 0 Å². The molecule has 6 nitrogen and oxygen atoms in total. The number of H-pyrrole nitrogens is 1. The van der Waals surface area contributed by atoms with E-state index in [0.717, 1.165) is 0 Å². The molecule has 1 unspecified atom stereocenters. The first-order valence-electron chi connectivity index (χ1n) is 6.50. The van der Waals surface area contributed by atoms with Crippen molar-refractivity contribution in [2.75, 3.05) is 6.61 Å². The second kappa shape index (κ2) is 6.56. The second-order valence-electron chi connectivity index (χ2n) is 4.65. The van der Waals surface area contributed by atoms with Gasteiger partial charge in [0.2, 0.25) is 0 Å². The van der Waals surface area contributed by atoms with Crippen molar-refractivity contribution in [3.05, 3.63) is 33.4 Å². The van der Waals surface area contributed by atoms with Crippen LogP contribution in [0.15, 0.2) is 12.1 Å². The van der Waals surface area contributed by atoms with Gasteiger partial charge in [-0.3, -0.25) is 4.79 Å². The maximum Gasteiger partial charge on any atom is 0.355 e. The number of aromatic nitrogens is 1. The van der Waals surface area contributed by atoms with E-state index >= 15 is 0 Å². The second-order valence-corrected chi connectivity index (χ2v) is 5.49. The SMILES string of the molecule is CCOC(=O)c1[nH]c2cc(Cl)cc(Cl)c2c1C(N)CC(=O)O. The van der Waals surface area contributed by atoms with Gasteiger partial charge < -0.3 is 20.6 Å². The van der Waals surface area contributed by atoms with E-state index < -0.39 is 18.0 Å². The quantitative estimate of drug-likeness (QED) is 0.722. The average molecular weight is 345 g/mol. The van der Waals surface area contributed by atoms with E-state index in [1.807, 2.05) is 0 Å². The summed E-state index contributed by atoms with van der Waals surface area (Å²) < 4.78 is 4.97. The maximum atomic E-state index is 12.1. The molecule has 1 atom stereocenters. The van der Waals surface area contributed by atoms with Crippen LogP contribution < -0.4 is 5.73 Å². The minimum Gasteiger partial charge on any atom is -0.481 e. The number of carboxylic acids is 1. The Kier molecular flexibility index (Phi) is 4.95. The van der Waals surface area contributed by atoms with Gasteiger partial charge in [-0.15, -0.1) is 0 Å². The summed E-state index contributed by atoms with van der Waals surface area (Å²) in [5.74, 6) is -1.71. The number of fused-ring (bicyclic) bond motifs is 1. The zero-order valence-corrected chi connectivity index (χ0v) is 13.2. The first-order valence-corrected chi connectivity index (χ1v) is 7.25. The number of aliphatic carboxylic acids is 1. The lowest BCUT2D eigenvalue weighted by Crippen LogP contribution is -2.18. The van der Waals surface area contributed by atoms with Crippen molar-refractivity contribution in [3.63, 3.8) is 0 Å². The lowest BCUT2D eigenvalue weighted by molar-refractivity contribution is -0.137. The lowest BCUT2D eigenvalue weighted by Gasteiger charge is -2.11. The molecule has 0 aliphatic heterocycles. The fourth-order valence-corrected chi connectivity index (χ4v) is 2.89. The van der Waals surface area contributed by atoms with Gasteiger partial charge in [0, 0.05) is 27.5 Å². The molecular formula is C14H14Cl2N2O4. The third-order valence-corrected chi connectivity index (χ3v) is 3.61. The van der Waals surface area contributed by atoms with Crippen molar-refractivity contribution >= 4 is 46.0 Å². The van der Waals surface area contributed by atoms with E-state index in [1.165, 1.54) is 6.07 Å². The number of benzene rings is 1. The predicted molar refractivity (Wildman–Crippen MR) is 83.5 cm³/mol. The van der Waals surface area contributed by atoms with Crippen molar-refractivity contribution < 1.29 is 19.4 Å². The van der Waals surface area contributed by atoms with Crippen LogP contribution in [-0.2, 0) is 9.53 Å². The van der Waals surface area contributed by atoms with Crippen LogP contribution >= 0.6 is 23.2 Å². The molecule has 0 aliphatic rings. The summed E-state index contributed by atoms with van der Waals surface area (Å²) in [6, 6.07) is 2.18. The standard InChI is InChI=1S/C14H14Cl2N2O4/c1-2-22-14(21)13-12(8(17)5-10(19)20)11-7(16)3-6(15)4-9(11)18-13/h3-4,8,18H,2,5,17H2,1H3,(H,19,20). The van der Waals surface area contributed by atoms with Crippen molar-refractivity contribution in [2.24, 2.45) is 5.73 Å². The zero-order chi connectivity index (χ0) is 16.4. The Bertz CT molecular complexity index is 742. The van der Waals surface area contributed by atoms with Crippen molar-refractivity contribution in [1.82, 2.24) is 4.98 Å². The monoisotopic (exact) mass is 344 g/mol. The molecule has 118 valence electrons. The van der Waals surface area contributed by atoms with Gasteiger partial charge in [-0.2, -0.15) is 0 Å². The molecular weight excluding hydrogens is 331 g/mol. The predicted octanol–water partition coefficient (Wildman–Crippen LogP) is 3.13. The van der Waals surface area contributed by atoms with Crippen LogP contribution in [-0.4, -0.2) is 28.6 Å². The van der Waals surface area contributed by atoms with Gasteiger partial charge in [-0.25, -0.2) is 4.79 Å². The molecule has 0 saturated carbocycles. The number of rotatable bonds is 5. The molecule has 0 bridgehead atoms. The molecule has 0 amide bonds. The third-order valence-electron chi connectivity index (χ3n) is 3.10. The van der Waals surface area contributed by atoms with Gasteiger partial charge >= 0.3 is 11.9 Å². The number of nitrogens with two attached hydrogens (primary N) is 1. The van der Waals surface area contributed by atoms with Crippen LogP contribution in [0.1, 0.15) is 35.4 Å². The van der Waals surface area contributed by atoms with Crippen molar-refractivity contribution in [2.45, 2.75) is 19.4 Å². The number of halogens is 2. The van der Waals surface area contributed by atoms with Crippen LogP contribution in [0.3, 0.4) is 0 Å². The van der Waals surface area contributed by atoms with Crippen LogP contribution in [0.5, 0.6) is 0 Å². The van der Waals surface area contributed by atoms with Crippen molar-refractivity contribution in [1.29, 1.82) is 0 Å². The molecule has 1 aromatic heterocycles. The Hall–Kier alpha value is -1.76. The largest absolute Gasteiger partial charge is 0.481 e. The molecule has 22 heavy (non-hydrogen) atoms. The number of hydrogen-bond donors (Lipinski definition) is 3. The Morgan fingerprint density at radius 1 is 1.41 bits per heavy atom. The smallest absolute Gasteiger partial charge is 0.355 e. The van der Waals surface area contributed by atoms with Gasteiger partial charge in [0.05, 0.1) is 18.1 Å². The molecule has 1 heterocycles. The topological polar surface area (TPSA) is 105 Å². The van der Waals surface area contributed by atoms with Crippen LogP contribution in [0.25, 0.3) is 10.9 Å². The van der Waals surface area contributed by atoms with Gasteiger partial charge in [-0.05, 0) is 19.1 Å². The summed E-state index contributed by atoms with van der Waals surface area (Å²) in [4.78, 5) is 25.9. The van der Waals surface area contributed by atoms with Crippen LogP contribution in [0.2, 0.25) is 10.0 Å². The number of carboxylic acid groups (broad SMARTS) is 1. The molecule has 0 radical (unpaired) electrons. The summed E-state index contributed by atoms with van der Waals surface area (Å²) in [5, 5.41) is 10.1. The Morgan fingerprint density at radius 3 is 2.68 bits per heavy atom. The Balaban J connectivity index is 2.69. The van der Waals surface area contributed by atoms with E-state index in [-0.39, 0.29) is 23.7 Å². The molecule has 2 rings (SSSR count). The van der Waals surface area contributed by atoms with E-state index in [4.69, 9.17) is 38.8 Å². The molecule has 2 aromatic rings. The number of hydrogen-bond acceptors (Lipinski definition) is 4. The lowest BCUT2D eigenvalue weighted by atomic mass is 10.0. The highest BCUT2D eigenvalue weighted by molar-refractivity contribution is 6.39. The zero-order valence-electron chi connectivity index (χ0n) is 11.7. The Morgan fingerprint density at radius 2 is 2.09 bits per heavy atom. The number of ether oxygens (including phenoxy) is 1. The number of aromatic amines is 1. The summed E-state index contributed by atoms with van der Waals surface area (Å²) >= 11 is 12.1. The van der Waals surface area contributed by atoms with Gasteiger partial charge in [0.25, 0.3) is 0 Å². The molecule has 0 saturated heterocycles. The van der Waals surface area contributed by atoms with Crippen LogP contribution in [0.4, 0.5) is 0 Å². The normalized spacial score (nSPS) is 12.4. The highest BCUT2D eigenvalue weighted by atomic mass is 35.5.